The fourth-order valence-electron chi connectivity index (χ4n) is 2.10. The van der Waals surface area contributed by atoms with E-state index in [-0.39, 0.29) is 11.0 Å². The molecule has 0 aromatic heterocycles. The zero-order valence-corrected chi connectivity index (χ0v) is 12.6. The third-order valence-electron chi connectivity index (χ3n) is 3.32. The summed E-state index contributed by atoms with van der Waals surface area (Å²) in [6, 6.07) is 8.51. The van der Waals surface area contributed by atoms with Crippen LogP contribution in [-0.2, 0) is 5.41 Å². The number of likely N-dealkylation sites (N-methyl/N-ethyl adjacent to an activating group) is 1. The molecule has 1 N–H and O–H groups in total. The van der Waals surface area contributed by atoms with Gasteiger partial charge in [0.25, 0.3) is 0 Å². The largest absolute Gasteiger partial charge is 0.488 e. The highest BCUT2D eigenvalue weighted by atomic mass is 16.5. The molecule has 1 atom stereocenters. The molecule has 0 saturated carbocycles. The van der Waals surface area contributed by atoms with E-state index in [2.05, 4.69) is 64.2 Å². The zero-order chi connectivity index (χ0) is 13.8. The second kappa shape index (κ2) is 5.75. The Balaban J connectivity index is 2.87. The zero-order valence-electron chi connectivity index (χ0n) is 12.6. The first-order valence-corrected chi connectivity index (χ1v) is 6.75. The Labute approximate surface area is 112 Å². The Bertz CT molecular complexity index is 364. The molecule has 0 aliphatic rings. The van der Waals surface area contributed by atoms with Gasteiger partial charge in [-0.25, -0.2) is 0 Å². The molecule has 2 nitrogen and oxygen atoms in total. The molecule has 0 saturated heterocycles. The molecule has 0 amide bonds. The second-order valence-corrected chi connectivity index (χ2v) is 6.18. The maximum Gasteiger partial charge on any atom is 0.120 e. The second-order valence-electron chi connectivity index (χ2n) is 6.18. The van der Waals surface area contributed by atoms with Crippen LogP contribution in [0, 0.1) is 0 Å². The predicted molar refractivity (Wildman–Crippen MR) is 78.4 cm³/mol. The summed E-state index contributed by atoms with van der Waals surface area (Å²) in [7, 11) is 2.00. The molecule has 1 aromatic rings. The van der Waals surface area contributed by atoms with Crippen molar-refractivity contribution in [3.63, 3.8) is 0 Å². The average molecular weight is 249 g/mol. The lowest BCUT2D eigenvalue weighted by molar-refractivity contribution is 0.131. The van der Waals surface area contributed by atoms with Crippen LogP contribution in [0.3, 0.4) is 0 Å². The van der Waals surface area contributed by atoms with Crippen molar-refractivity contribution in [1.82, 2.24) is 5.32 Å². The van der Waals surface area contributed by atoms with Crippen molar-refractivity contribution >= 4 is 0 Å². The quantitative estimate of drug-likeness (QED) is 0.858. The number of benzene rings is 1. The third-order valence-corrected chi connectivity index (χ3v) is 3.32. The maximum absolute atomic E-state index is 5.85. The first-order valence-electron chi connectivity index (χ1n) is 6.75. The topological polar surface area (TPSA) is 21.3 Å². The van der Waals surface area contributed by atoms with Crippen LogP contribution < -0.4 is 10.1 Å². The molecule has 0 radical (unpaired) electrons. The minimum Gasteiger partial charge on any atom is -0.488 e. The van der Waals surface area contributed by atoms with Gasteiger partial charge in [-0.1, -0.05) is 26.0 Å². The summed E-state index contributed by atoms with van der Waals surface area (Å²) in [6.45, 7) is 11.7. The third kappa shape index (κ3) is 4.02. The normalized spacial score (nSPS) is 15.2. The van der Waals surface area contributed by atoms with Gasteiger partial charge < -0.3 is 10.1 Å². The first-order chi connectivity index (χ1) is 8.30. The van der Waals surface area contributed by atoms with Crippen LogP contribution in [-0.4, -0.2) is 19.2 Å². The first kappa shape index (κ1) is 15.0. The molecule has 2 heteroatoms. The van der Waals surface area contributed by atoms with E-state index in [1.807, 2.05) is 7.05 Å². The minimum atomic E-state index is -0.138. The molecule has 0 bridgehead atoms. The van der Waals surface area contributed by atoms with E-state index in [1.165, 1.54) is 5.56 Å². The smallest absolute Gasteiger partial charge is 0.120 e. The summed E-state index contributed by atoms with van der Waals surface area (Å²) in [5.41, 5.74) is 1.41. The van der Waals surface area contributed by atoms with Crippen molar-refractivity contribution in [3.8, 4) is 5.75 Å². The molecule has 0 aliphatic heterocycles. The van der Waals surface area contributed by atoms with Crippen LogP contribution in [0.15, 0.2) is 24.3 Å². The molecule has 0 heterocycles. The SMILES string of the molecule is CCC(C)(CNC)c1ccc(OC(C)(C)C)cc1. The van der Waals surface area contributed by atoms with Gasteiger partial charge in [0, 0.05) is 12.0 Å². The monoisotopic (exact) mass is 249 g/mol. The molecule has 1 aromatic carbocycles. The Morgan fingerprint density at radius 2 is 1.61 bits per heavy atom. The molecule has 0 spiro atoms. The number of rotatable bonds is 5. The van der Waals surface area contributed by atoms with Crippen molar-refractivity contribution in [2.45, 2.75) is 52.1 Å². The highest BCUT2D eigenvalue weighted by molar-refractivity contribution is 5.32. The lowest BCUT2D eigenvalue weighted by Gasteiger charge is -2.29. The van der Waals surface area contributed by atoms with E-state index in [0.29, 0.717) is 0 Å². The number of nitrogens with one attached hydrogen (secondary N) is 1. The van der Waals surface area contributed by atoms with Gasteiger partial charge in [-0.15, -0.1) is 0 Å². The average Bonchev–Trinajstić information content (AvgIpc) is 2.28. The van der Waals surface area contributed by atoms with Gasteiger partial charge in [0.2, 0.25) is 0 Å². The maximum atomic E-state index is 5.85. The molecule has 18 heavy (non-hydrogen) atoms. The van der Waals surface area contributed by atoms with Crippen molar-refractivity contribution in [3.05, 3.63) is 29.8 Å². The summed E-state index contributed by atoms with van der Waals surface area (Å²) in [5, 5.41) is 3.28. The molecule has 1 rings (SSSR count). The molecule has 0 fully saturated rings. The van der Waals surface area contributed by atoms with Crippen LogP contribution in [0.1, 0.15) is 46.6 Å². The van der Waals surface area contributed by atoms with Crippen molar-refractivity contribution < 1.29 is 4.74 Å². The van der Waals surface area contributed by atoms with Crippen LogP contribution >= 0.6 is 0 Å². The van der Waals surface area contributed by atoms with Gasteiger partial charge in [-0.3, -0.25) is 0 Å². The number of hydrogen-bond acceptors (Lipinski definition) is 2. The van der Waals surface area contributed by atoms with E-state index in [9.17, 15) is 0 Å². The summed E-state index contributed by atoms with van der Waals surface area (Å²) in [6.07, 6.45) is 1.12. The Kier molecular flexibility index (Phi) is 4.80. The lowest BCUT2D eigenvalue weighted by atomic mass is 9.80. The Hall–Kier alpha value is -1.02. The van der Waals surface area contributed by atoms with Gasteiger partial charge in [0.05, 0.1) is 0 Å². The Morgan fingerprint density at radius 1 is 1.06 bits per heavy atom. The summed E-state index contributed by atoms with van der Waals surface area (Å²) >= 11 is 0. The van der Waals surface area contributed by atoms with Crippen LogP contribution in [0.5, 0.6) is 5.75 Å². The summed E-state index contributed by atoms with van der Waals surface area (Å²) < 4.78 is 5.85. The highest BCUT2D eigenvalue weighted by Crippen LogP contribution is 2.29. The van der Waals surface area contributed by atoms with Gasteiger partial charge >= 0.3 is 0 Å². The van der Waals surface area contributed by atoms with Crippen molar-refractivity contribution in [2.75, 3.05) is 13.6 Å². The van der Waals surface area contributed by atoms with Gasteiger partial charge in [0.1, 0.15) is 11.4 Å². The van der Waals surface area contributed by atoms with E-state index in [4.69, 9.17) is 4.74 Å². The Morgan fingerprint density at radius 3 is 2.00 bits per heavy atom. The van der Waals surface area contributed by atoms with Gasteiger partial charge in [-0.2, -0.15) is 0 Å². The van der Waals surface area contributed by atoms with Gasteiger partial charge in [0.15, 0.2) is 0 Å². The van der Waals surface area contributed by atoms with E-state index < -0.39 is 0 Å². The molecular weight excluding hydrogens is 222 g/mol. The fraction of sp³-hybridized carbons (Fsp3) is 0.625. The van der Waals surface area contributed by atoms with Crippen LogP contribution in [0.2, 0.25) is 0 Å². The predicted octanol–water partition coefficient (Wildman–Crippen LogP) is 3.75. The molecule has 102 valence electrons. The highest BCUT2D eigenvalue weighted by Gasteiger charge is 2.23. The molecule has 1 unspecified atom stereocenters. The summed E-state index contributed by atoms with van der Waals surface area (Å²) in [4.78, 5) is 0. The molecular formula is C16H27NO. The lowest BCUT2D eigenvalue weighted by Crippen LogP contribution is -2.33. The fourth-order valence-corrected chi connectivity index (χ4v) is 2.10. The van der Waals surface area contributed by atoms with Crippen LogP contribution in [0.25, 0.3) is 0 Å². The van der Waals surface area contributed by atoms with Crippen LogP contribution in [0.4, 0.5) is 0 Å². The van der Waals surface area contributed by atoms with Gasteiger partial charge in [-0.05, 0) is 51.9 Å². The van der Waals surface area contributed by atoms with E-state index in [0.717, 1.165) is 18.7 Å². The molecule has 0 aliphatic carbocycles. The number of hydrogen-bond donors (Lipinski definition) is 1. The summed E-state index contributed by atoms with van der Waals surface area (Å²) in [5.74, 6) is 0.939. The van der Waals surface area contributed by atoms with E-state index >= 15 is 0 Å². The standard InChI is InChI=1S/C16H27NO/c1-7-16(5,12-17-6)13-8-10-14(11-9-13)18-15(2,3)4/h8-11,17H,7,12H2,1-6H3. The van der Waals surface area contributed by atoms with E-state index in [1.54, 1.807) is 0 Å². The number of ether oxygens (including phenoxy) is 1. The van der Waals surface area contributed by atoms with Crippen molar-refractivity contribution in [2.24, 2.45) is 0 Å². The van der Waals surface area contributed by atoms with Crippen molar-refractivity contribution in [1.29, 1.82) is 0 Å². The minimum absolute atomic E-state index is 0.138.